The summed E-state index contributed by atoms with van der Waals surface area (Å²) in [4.78, 5) is -0.263. The average molecular weight is 373 g/mol. The van der Waals surface area contributed by atoms with Gasteiger partial charge in [-0.2, -0.15) is 0 Å². The van der Waals surface area contributed by atoms with Crippen molar-refractivity contribution in [2.75, 3.05) is 0 Å². The number of unbranched alkanes of at least 4 members (excludes halogenated alkanes) is 3. The fraction of sp³-hybridized carbons (Fsp3) is 0.333. The molecule has 2 aromatic carbocycles. The Kier molecular flexibility index (Phi) is 9.74. The van der Waals surface area contributed by atoms with Crippen LogP contribution in [0.4, 0.5) is 0 Å². The predicted molar refractivity (Wildman–Crippen MR) is 88.8 cm³/mol. The first kappa shape index (κ1) is 21.8. The van der Waals surface area contributed by atoms with E-state index in [2.05, 4.69) is 6.92 Å². The predicted octanol–water partition coefficient (Wildman–Crippen LogP) is 1.51. The number of rotatable bonds is 8. The van der Waals surface area contributed by atoms with Crippen molar-refractivity contribution >= 4 is 10.1 Å². The van der Waals surface area contributed by atoms with Crippen molar-refractivity contribution in [1.29, 1.82) is 0 Å². The van der Waals surface area contributed by atoms with Crippen LogP contribution in [0, 0.1) is 0 Å². The monoisotopic (exact) mass is 372 g/mol. The Bertz CT molecular complexity index is 730. The van der Waals surface area contributed by atoms with Crippen LogP contribution in [0.5, 0.6) is 11.5 Å². The van der Waals surface area contributed by atoms with E-state index in [1.807, 2.05) is 18.2 Å². The molecule has 2 aromatic rings. The SMILES string of the molecule is CCCCCCc1ccc(S(=O)(=O)[O-])cc1Oc1ccccc1.[K+]. The van der Waals surface area contributed by atoms with Crippen molar-refractivity contribution in [3.8, 4) is 11.5 Å². The van der Waals surface area contributed by atoms with Gasteiger partial charge in [-0.25, -0.2) is 8.42 Å². The van der Waals surface area contributed by atoms with Crippen LogP contribution in [-0.4, -0.2) is 13.0 Å². The van der Waals surface area contributed by atoms with Crippen LogP contribution in [0.3, 0.4) is 0 Å². The molecule has 0 fully saturated rings. The molecule has 2 rings (SSSR count). The number of hydrogen-bond acceptors (Lipinski definition) is 4. The molecular formula is C18H21KO4S. The first-order valence-electron chi connectivity index (χ1n) is 7.82. The third-order valence-corrected chi connectivity index (χ3v) is 4.43. The van der Waals surface area contributed by atoms with E-state index in [1.54, 1.807) is 18.2 Å². The van der Waals surface area contributed by atoms with Gasteiger partial charge in [0.25, 0.3) is 0 Å². The molecule has 0 aromatic heterocycles. The Balaban J connectivity index is 0.00000288. The number of para-hydroxylation sites is 1. The van der Waals surface area contributed by atoms with Crippen LogP contribution >= 0.6 is 0 Å². The summed E-state index contributed by atoms with van der Waals surface area (Å²) in [5.41, 5.74) is 0.914. The summed E-state index contributed by atoms with van der Waals surface area (Å²) in [7, 11) is -4.49. The van der Waals surface area contributed by atoms with Gasteiger partial charge in [0.15, 0.2) is 0 Å². The maximum atomic E-state index is 11.2. The molecule has 0 saturated heterocycles. The van der Waals surface area contributed by atoms with E-state index in [4.69, 9.17) is 4.74 Å². The van der Waals surface area contributed by atoms with E-state index >= 15 is 0 Å². The Morgan fingerprint density at radius 1 is 1.00 bits per heavy atom. The number of ether oxygens (including phenoxy) is 1. The number of hydrogen-bond donors (Lipinski definition) is 0. The molecule has 0 unspecified atom stereocenters. The minimum Gasteiger partial charge on any atom is -0.744 e. The van der Waals surface area contributed by atoms with Gasteiger partial charge in [0.2, 0.25) is 0 Å². The average Bonchev–Trinajstić information content (AvgIpc) is 2.52. The van der Waals surface area contributed by atoms with Gasteiger partial charge in [0, 0.05) is 0 Å². The quantitative estimate of drug-likeness (QED) is 0.400. The number of benzene rings is 2. The molecule has 0 aliphatic carbocycles. The third kappa shape index (κ3) is 6.96. The fourth-order valence-corrected chi connectivity index (χ4v) is 2.84. The minimum absolute atomic E-state index is 0. The zero-order valence-electron chi connectivity index (χ0n) is 14.2. The molecule has 0 radical (unpaired) electrons. The summed E-state index contributed by atoms with van der Waals surface area (Å²) < 4.78 is 39.5. The smallest absolute Gasteiger partial charge is 0.744 e. The van der Waals surface area contributed by atoms with Gasteiger partial charge < -0.3 is 9.29 Å². The molecule has 0 heterocycles. The second-order valence-corrected chi connectivity index (χ2v) is 6.83. The maximum Gasteiger partial charge on any atom is 1.00 e. The summed E-state index contributed by atoms with van der Waals surface area (Å²) in [5.74, 6) is 1.05. The first-order chi connectivity index (χ1) is 11.0. The molecule has 0 atom stereocenters. The molecule has 24 heavy (non-hydrogen) atoms. The summed E-state index contributed by atoms with van der Waals surface area (Å²) in [5, 5.41) is 0. The zero-order chi connectivity index (χ0) is 16.7. The molecule has 0 N–H and O–H groups in total. The van der Waals surface area contributed by atoms with Crippen molar-refractivity contribution in [2.24, 2.45) is 0 Å². The van der Waals surface area contributed by atoms with Gasteiger partial charge in [-0.05, 0) is 42.7 Å². The zero-order valence-corrected chi connectivity index (χ0v) is 18.1. The molecule has 0 saturated carbocycles. The van der Waals surface area contributed by atoms with Crippen LogP contribution in [0.15, 0.2) is 53.4 Å². The summed E-state index contributed by atoms with van der Waals surface area (Å²) in [6, 6.07) is 13.5. The van der Waals surface area contributed by atoms with Crippen LogP contribution in [0.25, 0.3) is 0 Å². The largest absolute Gasteiger partial charge is 1.00 e. The topological polar surface area (TPSA) is 66.4 Å². The van der Waals surface area contributed by atoms with E-state index in [1.165, 1.54) is 18.6 Å². The molecule has 0 spiro atoms. The van der Waals surface area contributed by atoms with Gasteiger partial charge in [-0.15, -0.1) is 0 Å². The van der Waals surface area contributed by atoms with Crippen molar-refractivity contribution in [3.63, 3.8) is 0 Å². The second-order valence-electron chi connectivity index (χ2n) is 5.45. The standard InChI is InChI=1S/C18H22O4S.K/c1-2-3-4-6-9-15-12-13-17(23(19,20)21)14-18(15)22-16-10-7-5-8-11-16;/h5,7-8,10-14H,2-4,6,9H2,1H3,(H,19,20,21);/q;+1/p-1. The summed E-state index contributed by atoms with van der Waals surface area (Å²) >= 11 is 0. The minimum atomic E-state index is -4.49. The van der Waals surface area contributed by atoms with Crippen molar-refractivity contribution in [3.05, 3.63) is 54.1 Å². The Morgan fingerprint density at radius 3 is 2.33 bits per heavy atom. The van der Waals surface area contributed by atoms with Gasteiger partial charge in [-0.3, -0.25) is 0 Å². The van der Waals surface area contributed by atoms with Gasteiger partial charge in [-0.1, -0.05) is 50.5 Å². The van der Waals surface area contributed by atoms with Gasteiger partial charge in [0.05, 0.1) is 4.90 Å². The normalized spacial score (nSPS) is 10.9. The van der Waals surface area contributed by atoms with E-state index in [0.29, 0.717) is 11.5 Å². The fourth-order valence-electron chi connectivity index (χ4n) is 2.35. The first-order valence-corrected chi connectivity index (χ1v) is 9.23. The van der Waals surface area contributed by atoms with Crippen LogP contribution < -0.4 is 56.1 Å². The van der Waals surface area contributed by atoms with Gasteiger partial charge >= 0.3 is 51.4 Å². The third-order valence-electron chi connectivity index (χ3n) is 3.60. The summed E-state index contributed by atoms with van der Waals surface area (Å²) in [6.45, 7) is 2.15. The Labute approximate surface area is 186 Å². The van der Waals surface area contributed by atoms with E-state index in [0.717, 1.165) is 31.2 Å². The summed E-state index contributed by atoms with van der Waals surface area (Å²) in [6.07, 6.45) is 5.23. The molecular weight excluding hydrogens is 351 g/mol. The van der Waals surface area contributed by atoms with Crippen molar-refractivity contribution in [1.82, 2.24) is 0 Å². The molecule has 4 nitrogen and oxygen atoms in total. The second kappa shape index (κ2) is 10.7. The molecule has 0 amide bonds. The molecule has 6 heteroatoms. The van der Waals surface area contributed by atoms with Crippen LogP contribution in [0.1, 0.15) is 38.2 Å². The molecule has 124 valence electrons. The molecule has 0 aliphatic rings. The number of aryl methyl sites for hydroxylation is 1. The van der Waals surface area contributed by atoms with E-state index in [9.17, 15) is 13.0 Å². The Morgan fingerprint density at radius 2 is 1.71 bits per heavy atom. The molecule has 0 aliphatic heterocycles. The van der Waals surface area contributed by atoms with Crippen LogP contribution in [0.2, 0.25) is 0 Å². The Hall–Kier alpha value is -0.214. The van der Waals surface area contributed by atoms with Crippen molar-refractivity contribution < 1.29 is 69.1 Å². The van der Waals surface area contributed by atoms with Gasteiger partial charge in [0.1, 0.15) is 21.6 Å². The van der Waals surface area contributed by atoms with E-state index in [-0.39, 0.29) is 56.3 Å². The van der Waals surface area contributed by atoms with Crippen molar-refractivity contribution in [2.45, 2.75) is 43.9 Å². The maximum absolute atomic E-state index is 11.2. The van der Waals surface area contributed by atoms with E-state index < -0.39 is 10.1 Å². The molecule has 0 bridgehead atoms. The van der Waals surface area contributed by atoms with Crippen LogP contribution in [-0.2, 0) is 16.5 Å².